The zero-order valence-corrected chi connectivity index (χ0v) is 18.5. The number of rotatable bonds is 4. The number of alkyl halides is 3. The van der Waals surface area contributed by atoms with Crippen LogP contribution in [0.4, 0.5) is 8.78 Å². The molecule has 8 nitrogen and oxygen atoms in total. The van der Waals surface area contributed by atoms with Crippen LogP contribution in [0.1, 0.15) is 26.4 Å². The molecule has 3 heterocycles. The first-order valence-electron chi connectivity index (χ1n) is 9.81. The summed E-state index contributed by atoms with van der Waals surface area (Å²) in [5.41, 5.74) is -1.09. The van der Waals surface area contributed by atoms with Crippen LogP contribution in [0.15, 0.2) is 48.8 Å². The number of halogens is 4. The summed E-state index contributed by atoms with van der Waals surface area (Å²) in [5, 5.41) is 9.92. The van der Waals surface area contributed by atoms with Crippen molar-refractivity contribution in [3.63, 3.8) is 0 Å². The van der Waals surface area contributed by atoms with Gasteiger partial charge in [-0.2, -0.15) is 13.9 Å². The third-order valence-corrected chi connectivity index (χ3v) is 5.67. The first-order valence-corrected chi connectivity index (χ1v) is 10.6. The quantitative estimate of drug-likeness (QED) is 0.559. The first-order chi connectivity index (χ1) is 15.7. The van der Waals surface area contributed by atoms with Crippen molar-refractivity contribution in [2.75, 3.05) is 26.2 Å². The van der Waals surface area contributed by atoms with Gasteiger partial charge in [-0.05, 0) is 35.9 Å². The maximum absolute atomic E-state index is 14.3. The van der Waals surface area contributed by atoms with Gasteiger partial charge in [-0.15, -0.1) is 0 Å². The van der Waals surface area contributed by atoms with Gasteiger partial charge in [0.1, 0.15) is 11.4 Å². The lowest BCUT2D eigenvalue weighted by atomic mass is 10.1. The minimum Gasteiger partial charge on any atom is -0.507 e. The van der Waals surface area contributed by atoms with Gasteiger partial charge < -0.3 is 14.9 Å². The van der Waals surface area contributed by atoms with Gasteiger partial charge in [-0.1, -0.05) is 23.7 Å². The summed E-state index contributed by atoms with van der Waals surface area (Å²) in [4.78, 5) is 32.5. The summed E-state index contributed by atoms with van der Waals surface area (Å²) in [7, 11) is 0. The predicted octanol–water partition coefficient (Wildman–Crippen LogP) is 3.51. The number of hydrogen-bond acceptors (Lipinski definition) is 5. The van der Waals surface area contributed by atoms with Crippen molar-refractivity contribution in [1.82, 2.24) is 24.6 Å². The van der Waals surface area contributed by atoms with Gasteiger partial charge in [0.15, 0.2) is 5.82 Å². The Kier molecular flexibility index (Phi) is 6.22. The van der Waals surface area contributed by atoms with Crippen molar-refractivity contribution < 1.29 is 23.5 Å². The van der Waals surface area contributed by atoms with Crippen molar-refractivity contribution in [1.29, 1.82) is 0 Å². The Morgan fingerprint density at radius 2 is 1.58 bits per heavy atom. The van der Waals surface area contributed by atoms with E-state index in [1.165, 1.54) is 40.3 Å². The van der Waals surface area contributed by atoms with E-state index in [1.807, 2.05) is 0 Å². The summed E-state index contributed by atoms with van der Waals surface area (Å²) >= 11 is 11.4. The molecule has 0 bridgehead atoms. The highest BCUT2D eigenvalue weighted by Gasteiger charge is 2.40. The van der Waals surface area contributed by atoms with Crippen LogP contribution in [0.5, 0.6) is 5.75 Å². The molecule has 1 N–H and O–H groups in total. The molecule has 172 valence electrons. The highest BCUT2D eigenvalue weighted by atomic mass is 35.5. The van der Waals surface area contributed by atoms with Crippen LogP contribution in [0.2, 0.25) is 5.02 Å². The fourth-order valence-electron chi connectivity index (χ4n) is 3.58. The average Bonchev–Trinajstić information content (AvgIpc) is 3.24. The molecule has 2 amide bonds. The van der Waals surface area contributed by atoms with Crippen LogP contribution in [-0.4, -0.2) is 67.7 Å². The molecule has 0 spiro atoms. The minimum absolute atomic E-state index is 0.0538. The molecule has 1 aliphatic rings. The van der Waals surface area contributed by atoms with Crippen LogP contribution in [0, 0.1) is 0 Å². The van der Waals surface area contributed by atoms with Crippen molar-refractivity contribution in [2.45, 2.75) is 5.38 Å². The number of carbonyl (C=O) groups excluding carboxylic acids is 2. The monoisotopic (exact) mass is 495 g/mol. The molecule has 1 aliphatic heterocycles. The number of phenols is 1. The molecule has 0 unspecified atom stereocenters. The molecule has 0 radical (unpaired) electrons. The van der Waals surface area contributed by atoms with Crippen LogP contribution in [0.3, 0.4) is 0 Å². The minimum atomic E-state index is -3.93. The Balaban J connectivity index is 1.56. The summed E-state index contributed by atoms with van der Waals surface area (Å²) < 4.78 is 29.4. The topological polar surface area (TPSA) is 91.6 Å². The van der Waals surface area contributed by atoms with Crippen LogP contribution in [0.25, 0.3) is 5.82 Å². The first kappa shape index (κ1) is 22.9. The molecule has 3 aromatic rings. The second kappa shape index (κ2) is 8.95. The molecule has 1 saturated heterocycles. The van der Waals surface area contributed by atoms with Crippen LogP contribution >= 0.6 is 23.2 Å². The van der Waals surface area contributed by atoms with E-state index in [0.29, 0.717) is 0 Å². The lowest BCUT2D eigenvalue weighted by Crippen LogP contribution is -2.50. The molecule has 1 fully saturated rings. The molecule has 12 heteroatoms. The van der Waals surface area contributed by atoms with Gasteiger partial charge in [0, 0.05) is 32.4 Å². The largest absolute Gasteiger partial charge is 0.507 e. The molecule has 1 aromatic carbocycles. The van der Waals surface area contributed by atoms with Crippen molar-refractivity contribution in [2.24, 2.45) is 0 Å². The van der Waals surface area contributed by atoms with Crippen molar-refractivity contribution in [3.05, 3.63) is 70.6 Å². The number of benzene rings is 1. The van der Waals surface area contributed by atoms with Gasteiger partial charge in [0.05, 0.1) is 22.3 Å². The number of amides is 2. The molecule has 0 aliphatic carbocycles. The predicted molar refractivity (Wildman–Crippen MR) is 116 cm³/mol. The molecule has 4 rings (SSSR count). The summed E-state index contributed by atoms with van der Waals surface area (Å²) in [5.74, 6) is -1.33. The second-order valence-corrected chi connectivity index (χ2v) is 8.11. The standard InChI is InChI=1S/C21H17Cl2F2N5O3/c22-15-5-3-7-26-18(15)30-17(21(23,24)25)14(12-27-30)20(33)29-10-8-28(9-11-29)19(32)13-4-1-2-6-16(13)31/h1-7,12,31H,8-11H2. The smallest absolute Gasteiger partial charge is 0.365 e. The van der Waals surface area contributed by atoms with E-state index >= 15 is 0 Å². The average molecular weight is 496 g/mol. The fourth-order valence-corrected chi connectivity index (χ4v) is 3.96. The number of piperazine rings is 1. The second-order valence-electron chi connectivity index (χ2n) is 7.23. The normalized spacial score (nSPS) is 14.4. The van der Waals surface area contributed by atoms with Gasteiger partial charge in [0.25, 0.3) is 11.8 Å². The molecule has 0 atom stereocenters. The molecular weight excluding hydrogens is 479 g/mol. The summed E-state index contributed by atoms with van der Waals surface area (Å²) in [6.07, 6.45) is 2.35. The van der Waals surface area contributed by atoms with E-state index in [0.717, 1.165) is 10.9 Å². The van der Waals surface area contributed by atoms with Gasteiger partial charge in [0.2, 0.25) is 0 Å². The van der Waals surface area contributed by atoms with E-state index < -0.39 is 22.5 Å². The number of phenolic OH excluding ortho intramolecular Hbond substituents is 1. The Hall–Kier alpha value is -3.24. The zero-order valence-electron chi connectivity index (χ0n) is 17.0. The Morgan fingerprint density at radius 1 is 0.970 bits per heavy atom. The molecule has 33 heavy (non-hydrogen) atoms. The van der Waals surface area contributed by atoms with Gasteiger partial charge in [-0.25, -0.2) is 9.67 Å². The third kappa shape index (κ3) is 4.49. The van der Waals surface area contributed by atoms with Crippen LogP contribution < -0.4 is 0 Å². The van der Waals surface area contributed by atoms with E-state index in [9.17, 15) is 23.5 Å². The SMILES string of the molecule is O=C(c1ccccc1O)N1CCN(C(=O)c2cnn(-c3ncccc3Cl)c2C(F)(F)Cl)CC1. The van der Waals surface area contributed by atoms with E-state index in [-0.39, 0.29) is 54.2 Å². The number of pyridine rings is 1. The lowest BCUT2D eigenvalue weighted by Gasteiger charge is -2.35. The molecule has 0 saturated carbocycles. The van der Waals surface area contributed by atoms with Crippen molar-refractivity contribution in [3.8, 4) is 11.6 Å². The maximum atomic E-state index is 14.3. The van der Waals surface area contributed by atoms with Crippen LogP contribution in [-0.2, 0) is 5.38 Å². The lowest BCUT2D eigenvalue weighted by molar-refractivity contribution is 0.0519. The molecular formula is C21H17Cl2F2N5O3. The zero-order chi connectivity index (χ0) is 23.8. The van der Waals surface area contributed by atoms with Gasteiger partial charge >= 0.3 is 5.38 Å². The molecule has 2 aromatic heterocycles. The summed E-state index contributed by atoms with van der Waals surface area (Å²) in [6.45, 7) is 0.513. The maximum Gasteiger partial charge on any atom is 0.365 e. The number of aromatic nitrogens is 3. The van der Waals surface area contributed by atoms with E-state index in [2.05, 4.69) is 10.1 Å². The highest BCUT2D eigenvalue weighted by Crippen LogP contribution is 2.37. The third-order valence-electron chi connectivity index (χ3n) is 5.20. The van der Waals surface area contributed by atoms with Gasteiger partial charge in [-0.3, -0.25) is 9.59 Å². The summed E-state index contributed by atoms with van der Waals surface area (Å²) in [6, 6.07) is 9.12. The highest BCUT2D eigenvalue weighted by molar-refractivity contribution is 6.32. The number of nitrogens with zero attached hydrogens (tertiary/aromatic N) is 5. The number of carbonyl (C=O) groups is 2. The Labute approximate surface area is 196 Å². The number of para-hydroxylation sites is 1. The fraction of sp³-hybridized carbons (Fsp3) is 0.238. The number of hydrogen-bond donors (Lipinski definition) is 1. The Morgan fingerprint density at radius 3 is 2.15 bits per heavy atom. The van der Waals surface area contributed by atoms with E-state index in [1.54, 1.807) is 12.1 Å². The number of aromatic hydroxyl groups is 1. The van der Waals surface area contributed by atoms with E-state index in [4.69, 9.17) is 23.2 Å². The Bertz CT molecular complexity index is 1210. The van der Waals surface area contributed by atoms with Crippen molar-refractivity contribution >= 4 is 35.0 Å².